The molecule has 0 fully saturated rings. The fraction of sp³-hybridized carbons (Fsp3) is 0.750. The molecule has 0 aromatic rings. The third kappa shape index (κ3) is 2.28. The van der Waals surface area contributed by atoms with Crippen LogP contribution in [0.1, 0.15) is 41.5 Å². The van der Waals surface area contributed by atoms with Crippen LogP contribution in [0.3, 0.4) is 0 Å². The molecule has 1 heterocycles. The van der Waals surface area contributed by atoms with Crippen molar-refractivity contribution in [2.75, 3.05) is 0 Å². The molecule has 0 spiro atoms. The van der Waals surface area contributed by atoms with Crippen LogP contribution in [0.25, 0.3) is 0 Å². The quantitative estimate of drug-likeness (QED) is 0.522. The van der Waals surface area contributed by atoms with E-state index in [-0.39, 0.29) is 10.8 Å². The van der Waals surface area contributed by atoms with Gasteiger partial charge in [-0.15, -0.1) is 0 Å². The molecule has 0 N–H and O–H groups in total. The third-order valence-corrected chi connectivity index (χ3v) is 2.62. The van der Waals surface area contributed by atoms with Gasteiger partial charge in [0.1, 0.15) is 7.85 Å². The van der Waals surface area contributed by atoms with E-state index in [9.17, 15) is 0 Å². The van der Waals surface area contributed by atoms with Gasteiger partial charge in [-0.2, -0.15) is 0 Å². The molecule has 1 rings (SSSR count). The van der Waals surface area contributed by atoms with Crippen LogP contribution < -0.4 is 0 Å². The van der Waals surface area contributed by atoms with Crippen molar-refractivity contribution in [1.29, 1.82) is 0 Å². The van der Waals surface area contributed by atoms with Crippen LogP contribution in [0.15, 0.2) is 16.8 Å². The van der Waals surface area contributed by atoms with Crippen LogP contribution in [0, 0.1) is 10.8 Å². The lowest BCUT2D eigenvalue weighted by Gasteiger charge is -2.22. The van der Waals surface area contributed by atoms with Gasteiger partial charge in [0.05, 0.1) is 0 Å². The van der Waals surface area contributed by atoms with Gasteiger partial charge < -0.3 is 0 Å². The topological polar surface area (TPSA) is 12.4 Å². The predicted octanol–water partition coefficient (Wildman–Crippen LogP) is 2.84. The number of nitrogens with zero attached hydrogens (tertiary/aromatic N) is 1. The van der Waals surface area contributed by atoms with Gasteiger partial charge in [-0.25, -0.2) is 0 Å². The highest BCUT2D eigenvalue weighted by Crippen LogP contribution is 2.37. The molecule has 0 aromatic heterocycles. The van der Waals surface area contributed by atoms with Gasteiger partial charge in [-0.1, -0.05) is 47.6 Å². The molecule has 1 aliphatic heterocycles. The molecule has 0 saturated heterocycles. The summed E-state index contributed by atoms with van der Waals surface area (Å²) in [7, 11) is 2.24. The van der Waals surface area contributed by atoms with E-state index < -0.39 is 0 Å². The lowest BCUT2D eigenvalue weighted by molar-refractivity contribution is 0.498. The zero-order chi connectivity index (χ0) is 11.1. The minimum Gasteiger partial charge on any atom is -0.262 e. The number of aliphatic imine (C=N–C) groups is 1. The first-order chi connectivity index (χ1) is 6.12. The number of rotatable bonds is 0. The van der Waals surface area contributed by atoms with Crippen molar-refractivity contribution < 1.29 is 0 Å². The van der Waals surface area contributed by atoms with Gasteiger partial charge in [0.2, 0.25) is 0 Å². The normalized spacial score (nSPS) is 23.4. The van der Waals surface area contributed by atoms with Crippen LogP contribution in [-0.2, 0) is 0 Å². The van der Waals surface area contributed by atoms with E-state index in [0.717, 1.165) is 0 Å². The van der Waals surface area contributed by atoms with Gasteiger partial charge in [-0.05, 0) is 5.82 Å². The Labute approximate surface area is 89.1 Å². The Balaban J connectivity index is 2.99. The maximum atomic E-state index is 4.79. The van der Waals surface area contributed by atoms with Crippen LogP contribution in [0.5, 0.6) is 0 Å². The summed E-state index contributed by atoms with van der Waals surface area (Å²) >= 11 is 0. The third-order valence-electron chi connectivity index (χ3n) is 2.62. The van der Waals surface area contributed by atoms with Gasteiger partial charge in [0, 0.05) is 22.2 Å². The van der Waals surface area contributed by atoms with Gasteiger partial charge in [0.25, 0.3) is 0 Å². The Morgan fingerprint density at radius 3 is 1.79 bits per heavy atom. The zero-order valence-electron chi connectivity index (χ0n) is 10.6. The van der Waals surface area contributed by atoms with Crippen LogP contribution >= 0.6 is 0 Å². The smallest absolute Gasteiger partial charge is 0.117 e. The maximum absolute atomic E-state index is 4.79. The molecule has 1 atom stereocenters. The van der Waals surface area contributed by atoms with Crippen LogP contribution in [0.2, 0.25) is 5.82 Å². The first-order valence-electron chi connectivity index (χ1n) is 5.44. The number of hydrogen-bond acceptors (Lipinski definition) is 1. The summed E-state index contributed by atoms with van der Waals surface area (Å²) < 4.78 is 0. The second-order valence-corrected chi connectivity index (χ2v) is 6.34. The Bertz CT molecular complexity index is 286. The molecule has 0 saturated carbocycles. The summed E-state index contributed by atoms with van der Waals surface area (Å²) in [6, 6.07) is 0. The number of allylic oxidation sites excluding steroid dienone is 2. The zero-order valence-corrected chi connectivity index (χ0v) is 10.6. The molecule has 1 nitrogen and oxygen atoms in total. The van der Waals surface area contributed by atoms with Gasteiger partial charge in [0.15, 0.2) is 0 Å². The minimum atomic E-state index is 0.182. The lowest BCUT2D eigenvalue weighted by atomic mass is 9.73. The summed E-state index contributed by atoms with van der Waals surface area (Å²) in [5.74, 6) is 0.504. The van der Waals surface area contributed by atoms with Gasteiger partial charge in [-0.3, -0.25) is 4.99 Å². The molecule has 2 heteroatoms. The standard InChI is InChI=1S/C12H22BN/c1-11(2,3)9-7-8(13)10(14-9)12(4,5)6/h7-8H,13H2,1-6H3. The van der Waals surface area contributed by atoms with E-state index in [1.165, 1.54) is 11.4 Å². The van der Waals surface area contributed by atoms with E-state index in [1.54, 1.807) is 0 Å². The van der Waals surface area contributed by atoms with Crippen molar-refractivity contribution in [3.8, 4) is 0 Å². The predicted molar refractivity (Wildman–Crippen MR) is 66.7 cm³/mol. The van der Waals surface area contributed by atoms with Gasteiger partial charge >= 0.3 is 0 Å². The molecule has 14 heavy (non-hydrogen) atoms. The summed E-state index contributed by atoms with van der Waals surface area (Å²) in [5, 5.41) is 0. The lowest BCUT2D eigenvalue weighted by Crippen LogP contribution is -2.22. The number of hydrogen-bond donors (Lipinski definition) is 0. The minimum absolute atomic E-state index is 0.182. The van der Waals surface area contributed by atoms with E-state index in [4.69, 9.17) is 4.99 Å². The first-order valence-corrected chi connectivity index (χ1v) is 5.44. The van der Waals surface area contributed by atoms with Crippen molar-refractivity contribution >= 4 is 13.6 Å². The monoisotopic (exact) mass is 191 g/mol. The van der Waals surface area contributed by atoms with Crippen molar-refractivity contribution in [2.45, 2.75) is 47.4 Å². The molecule has 0 amide bonds. The second-order valence-electron chi connectivity index (χ2n) is 6.34. The van der Waals surface area contributed by atoms with E-state index in [0.29, 0.717) is 5.82 Å². The molecular weight excluding hydrogens is 169 g/mol. The van der Waals surface area contributed by atoms with E-state index in [1.807, 2.05) is 0 Å². The molecule has 78 valence electrons. The second kappa shape index (κ2) is 3.25. The molecule has 0 radical (unpaired) electrons. The fourth-order valence-electron chi connectivity index (χ4n) is 1.85. The average Bonchev–Trinajstić information content (AvgIpc) is 2.27. The SMILES string of the molecule is BC1C=C(C(C)(C)C)N=C1C(C)(C)C. The van der Waals surface area contributed by atoms with Crippen LogP contribution in [-0.4, -0.2) is 13.6 Å². The van der Waals surface area contributed by atoms with Crippen LogP contribution in [0.4, 0.5) is 0 Å². The Kier molecular flexibility index (Phi) is 2.68. The molecule has 1 unspecified atom stereocenters. The average molecular weight is 191 g/mol. The molecule has 1 aliphatic rings. The Hall–Kier alpha value is -0.525. The van der Waals surface area contributed by atoms with Crippen molar-refractivity contribution in [3.05, 3.63) is 11.8 Å². The molecule has 0 bridgehead atoms. The summed E-state index contributed by atoms with van der Waals surface area (Å²) in [6.07, 6.45) is 2.31. The van der Waals surface area contributed by atoms with Crippen molar-refractivity contribution in [1.82, 2.24) is 0 Å². The Morgan fingerprint density at radius 2 is 1.57 bits per heavy atom. The van der Waals surface area contributed by atoms with Crippen molar-refractivity contribution in [3.63, 3.8) is 0 Å². The highest BCUT2D eigenvalue weighted by Gasteiger charge is 2.30. The molecular formula is C12H22BN. The van der Waals surface area contributed by atoms with E-state index in [2.05, 4.69) is 55.5 Å². The maximum Gasteiger partial charge on any atom is 0.117 e. The highest BCUT2D eigenvalue weighted by molar-refractivity contribution is 6.29. The summed E-state index contributed by atoms with van der Waals surface area (Å²) in [6.45, 7) is 13.4. The summed E-state index contributed by atoms with van der Waals surface area (Å²) in [4.78, 5) is 4.79. The summed E-state index contributed by atoms with van der Waals surface area (Å²) in [5.41, 5.74) is 2.95. The highest BCUT2D eigenvalue weighted by atomic mass is 14.8. The largest absolute Gasteiger partial charge is 0.262 e. The Morgan fingerprint density at radius 1 is 1.07 bits per heavy atom. The first kappa shape index (κ1) is 11.5. The fourth-order valence-corrected chi connectivity index (χ4v) is 1.85. The molecule has 0 aromatic carbocycles. The van der Waals surface area contributed by atoms with Crippen molar-refractivity contribution in [2.24, 2.45) is 15.8 Å². The molecule has 0 aliphatic carbocycles. The van der Waals surface area contributed by atoms with E-state index >= 15 is 0 Å².